The normalized spacial score (nSPS) is 22.7. The number of carbonyl (C=O) groups is 5. The lowest BCUT2D eigenvalue weighted by molar-refractivity contribution is -0.136. The number of nitrogens with one attached hydrogen (secondary N) is 2. The molecule has 2 aromatic heterocycles. The summed E-state index contributed by atoms with van der Waals surface area (Å²) in [5.41, 5.74) is 3.68. The Bertz CT molecular complexity index is 2380. The summed E-state index contributed by atoms with van der Waals surface area (Å²) in [6.07, 6.45) is 2.05. The van der Waals surface area contributed by atoms with Crippen LogP contribution in [0.4, 0.5) is 10.1 Å². The summed E-state index contributed by atoms with van der Waals surface area (Å²) < 4.78 is 17.6. The molecule has 2 unspecified atom stereocenters. The van der Waals surface area contributed by atoms with Gasteiger partial charge in [0.05, 0.1) is 28.9 Å². The van der Waals surface area contributed by atoms with Crippen molar-refractivity contribution >= 4 is 58.2 Å². The van der Waals surface area contributed by atoms with Crippen molar-refractivity contribution in [3.63, 3.8) is 0 Å². The van der Waals surface area contributed by atoms with E-state index in [1.807, 2.05) is 41.0 Å². The molecule has 5 amide bonds. The fourth-order valence-corrected chi connectivity index (χ4v) is 10.7. The van der Waals surface area contributed by atoms with Gasteiger partial charge in [-0.3, -0.25) is 49.0 Å². The van der Waals surface area contributed by atoms with E-state index in [4.69, 9.17) is 11.6 Å². The number of benzene rings is 2. The molecule has 308 valence electrons. The van der Waals surface area contributed by atoms with E-state index in [0.29, 0.717) is 50.2 Å². The minimum Gasteiger partial charge on any atom is -0.367 e. The van der Waals surface area contributed by atoms with Gasteiger partial charge in [0.2, 0.25) is 17.7 Å². The number of aryl methyl sites for hydroxylation is 2. The van der Waals surface area contributed by atoms with Crippen LogP contribution in [0.3, 0.4) is 0 Å². The molecule has 0 radical (unpaired) electrons. The van der Waals surface area contributed by atoms with Gasteiger partial charge in [-0.2, -0.15) is 0 Å². The summed E-state index contributed by atoms with van der Waals surface area (Å²) in [4.78, 5) is 73.0. The van der Waals surface area contributed by atoms with Crippen molar-refractivity contribution in [3.8, 4) is 5.00 Å². The van der Waals surface area contributed by atoms with E-state index in [1.54, 1.807) is 11.3 Å². The number of amides is 5. The van der Waals surface area contributed by atoms with Crippen molar-refractivity contribution in [2.75, 3.05) is 50.7 Å². The summed E-state index contributed by atoms with van der Waals surface area (Å²) in [7, 11) is 0. The molecule has 3 atom stereocenters. The molecule has 5 aliphatic heterocycles. The van der Waals surface area contributed by atoms with Gasteiger partial charge in [0.15, 0.2) is 5.82 Å². The van der Waals surface area contributed by atoms with Crippen LogP contribution in [0.5, 0.6) is 0 Å². The Morgan fingerprint density at radius 3 is 2.31 bits per heavy atom. The molecular formula is C42H45ClFN9O5S. The smallest absolute Gasteiger partial charge is 0.262 e. The van der Waals surface area contributed by atoms with Crippen molar-refractivity contribution in [1.29, 1.82) is 0 Å². The van der Waals surface area contributed by atoms with Crippen molar-refractivity contribution in [3.05, 3.63) is 91.6 Å². The van der Waals surface area contributed by atoms with Crippen LogP contribution in [0.2, 0.25) is 5.02 Å². The highest BCUT2D eigenvalue weighted by Gasteiger charge is 2.45. The lowest BCUT2D eigenvalue weighted by Crippen LogP contribution is -2.54. The predicted octanol–water partition coefficient (Wildman–Crippen LogP) is 4.63. The van der Waals surface area contributed by atoms with Crippen LogP contribution in [0.1, 0.15) is 98.1 Å². The van der Waals surface area contributed by atoms with Gasteiger partial charge < -0.3 is 9.80 Å². The Hall–Kier alpha value is -5.03. The predicted molar refractivity (Wildman–Crippen MR) is 218 cm³/mol. The fourth-order valence-electron chi connectivity index (χ4n) is 9.34. The van der Waals surface area contributed by atoms with Gasteiger partial charge in [-0.1, -0.05) is 23.7 Å². The van der Waals surface area contributed by atoms with Gasteiger partial charge in [-0.05, 0) is 81.3 Å². The third-order valence-corrected chi connectivity index (χ3v) is 14.2. The summed E-state index contributed by atoms with van der Waals surface area (Å²) in [5.74, 6) is -1.15. The van der Waals surface area contributed by atoms with Crippen LogP contribution < -0.4 is 15.5 Å². The molecule has 4 aromatic rings. The summed E-state index contributed by atoms with van der Waals surface area (Å²) in [6.45, 7) is 10.9. The number of piperazine rings is 1. The molecule has 3 fully saturated rings. The molecule has 59 heavy (non-hydrogen) atoms. The zero-order chi connectivity index (χ0) is 41.3. The number of aromatic nitrogens is 3. The zero-order valence-corrected chi connectivity index (χ0v) is 34.7. The minimum atomic E-state index is -1.11. The van der Waals surface area contributed by atoms with E-state index in [0.717, 1.165) is 58.1 Å². The van der Waals surface area contributed by atoms with E-state index in [2.05, 4.69) is 44.1 Å². The Morgan fingerprint density at radius 1 is 0.915 bits per heavy atom. The van der Waals surface area contributed by atoms with E-state index in [-0.39, 0.29) is 54.1 Å². The number of fused-ring (bicyclic) bond motifs is 4. The highest BCUT2D eigenvalue weighted by Crippen LogP contribution is 2.43. The number of nitrogens with zero attached hydrogens (tertiary/aromatic N) is 7. The molecule has 0 aliphatic carbocycles. The molecule has 0 spiro atoms. The standard InChI is InChI=1S/C42H45ClFN9O5S/c1-22-23(2)59-42-36(22)37(26-4-6-27(43)7-5-26)45-31(38-48-47-24(3)52(38)42)20-35(55)51-12-10-25(11-13-51)21-49-14-16-50(17-15-49)33-19-29-28(18-30(33)44)40(57)53(41(29)58)32-8-9-34(54)46-39(32)56/h4-7,18-19,25,31-32,37,45H,8-17,20-21H2,1-3H3,(H,46,54,56)/t31?,32?,37-/m0/s1. The van der Waals surface area contributed by atoms with Gasteiger partial charge in [0.25, 0.3) is 11.8 Å². The zero-order valence-electron chi connectivity index (χ0n) is 33.1. The first-order chi connectivity index (χ1) is 28.4. The first kappa shape index (κ1) is 39.4. The fraction of sp³-hybridized carbons (Fsp3) is 0.452. The summed E-state index contributed by atoms with van der Waals surface area (Å²) in [6, 6.07) is 8.75. The molecule has 2 N–H and O–H groups in total. The van der Waals surface area contributed by atoms with Crippen LogP contribution in [0.15, 0.2) is 36.4 Å². The lowest BCUT2D eigenvalue weighted by Gasteiger charge is -2.40. The van der Waals surface area contributed by atoms with Gasteiger partial charge in [0.1, 0.15) is 22.7 Å². The molecule has 14 nitrogen and oxygen atoms in total. The van der Waals surface area contributed by atoms with Crippen LogP contribution in [0.25, 0.3) is 5.00 Å². The maximum Gasteiger partial charge on any atom is 0.262 e. The Morgan fingerprint density at radius 2 is 1.61 bits per heavy atom. The van der Waals surface area contributed by atoms with E-state index >= 15 is 4.39 Å². The van der Waals surface area contributed by atoms with Gasteiger partial charge in [-0.25, -0.2) is 4.39 Å². The second-order valence-electron chi connectivity index (χ2n) is 16.3. The molecule has 0 bridgehead atoms. The number of hydrogen-bond acceptors (Lipinski definition) is 11. The number of thiophene rings is 1. The first-order valence-electron chi connectivity index (χ1n) is 20.2. The Labute approximate surface area is 349 Å². The number of carbonyl (C=O) groups excluding carboxylic acids is 5. The minimum absolute atomic E-state index is 0.0119. The molecule has 3 saturated heterocycles. The summed E-state index contributed by atoms with van der Waals surface area (Å²) >= 11 is 8.01. The molecule has 0 saturated carbocycles. The average molecular weight is 842 g/mol. The molecule has 5 aliphatic rings. The number of imide groups is 2. The number of hydrogen-bond donors (Lipinski definition) is 2. The van der Waals surface area contributed by atoms with E-state index in [9.17, 15) is 24.0 Å². The van der Waals surface area contributed by atoms with Crippen LogP contribution >= 0.6 is 22.9 Å². The quantitative estimate of drug-likeness (QED) is 0.252. The number of likely N-dealkylation sites (tertiary alicyclic amines) is 1. The van der Waals surface area contributed by atoms with Crippen LogP contribution in [-0.4, -0.2) is 111 Å². The van der Waals surface area contributed by atoms with E-state index in [1.165, 1.54) is 16.5 Å². The molecule has 7 heterocycles. The molecular weight excluding hydrogens is 797 g/mol. The van der Waals surface area contributed by atoms with Crippen molar-refractivity contribution in [1.82, 2.24) is 40.1 Å². The second kappa shape index (κ2) is 15.5. The monoisotopic (exact) mass is 841 g/mol. The maximum absolute atomic E-state index is 15.5. The van der Waals surface area contributed by atoms with Gasteiger partial charge in [-0.15, -0.1) is 21.5 Å². The SMILES string of the molecule is Cc1sc2c(c1C)[C@H](c1ccc(Cl)cc1)NC(CC(=O)N1CCC(CN3CCN(c4cc5c(cc4F)C(=O)N(C4CCC(=O)NC4=O)C5=O)CC3)CC1)c1nnc(C)n1-2. The van der Waals surface area contributed by atoms with Gasteiger partial charge in [0, 0.05) is 74.1 Å². The van der Waals surface area contributed by atoms with Crippen molar-refractivity contribution < 1.29 is 28.4 Å². The summed E-state index contributed by atoms with van der Waals surface area (Å²) in [5, 5.41) is 16.8. The molecule has 17 heteroatoms. The third kappa shape index (κ3) is 7.13. The second-order valence-corrected chi connectivity index (χ2v) is 17.9. The van der Waals surface area contributed by atoms with E-state index < -0.39 is 35.5 Å². The third-order valence-electron chi connectivity index (χ3n) is 12.7. The Kier molecular flexibility index (Phi) is 10.4. The average Bonchev–Trinajstić information content (AvgIpc) is 3.79. The number of halogens is 2. The topological polar surface area (TPSA) is 153 Å². The largest absolute Gasteiger partial charge is 0.367 e. The first-order valence-corrected chi connectivity index (χ1v) is 21.4. The number of anilines is 1. The molecule has 9 rings (SSSR count). The number of rotatable bonds is 7. The highest BCUT2D eigenvalue weighted by molar-refractivity contribution is 7.14. The lowest BCUT2D eigenvalue weighted by atomic mass is 9.94. The molecule has 2 aromatic carbocycles. The highest BCUT2D eigenvalue weighted by atomic mass is 35.5. The van der Waals surface area contributed by atoms with Crippen molar-refractivity contribution in [2.45, 2.75) is 71.0 Å². The van der Waals surface area contributed by atoms with Crippen molar-refractivity contribution in [2.24, 2.45) is 5.92 Å². The van der Waals surface area contributed by atoms with Gasteiger partial charge >= 0.3 is 0 Å². The number of piperidine rings is 2. The maximum atomic E-state index is 15.5. The van der Waals surface area contributed by atoms with Crippen LogP contribution in [-0.2, 0) is 14.4 Å². The van der Waals surface area contributed by atoms with Crippen LogP contribution in [0, 0.1) is 32.5 Å². The Balaban J connectivity index is 0.810.